The molecule has 0 radical (unpaired) electrons. The second kappa shape index (κ2) is 6.11. The third-order valence-electron chi connectivity index (χ3n) is 3.73. The van der Waals surface area contributed by atoms with E-state index < -0.39 is 9.84 Å². The number of sulfone groups is 1. The van der Waals surface area contributed by atoms with E-state index in [2.05, 4.69) is 4.90 Å². The number of benzene rings is 1. The second-order valence-corrected chi connectivity index (χ2v) is 7.54. The Bertz CT molecular complexity index is 543. The van der Waals surface area contributed by atoms with Crippen LogP contribution in [0.1, 0.15) is 18.5 Å². The lowest BCUT2D eigenvalue weighted by Gasteiger charge is -2.37. The molecule has 0 spiro atoms. The predicted octanol–water partition coefficient (Wildman–Crippen LogP) is 0.814. The van der Waals surface area contributed by atoms with Gasteiger partial charge < -0.3 is 10.5 Å². The van der Waals surface area contributed by atoms with Gasteiger partial charge in [-0.1, -0.05) is 18.2 Å². The van der Waals surface area contributed by atoms with Crippen LogP contribution in [0.4, 0.5) is 0 Å². The zero-order valence-electron chi connectivity index (χ0n) is 12.0. The molecule has 0 aliphatic carbocycles. The summed E-state index contributed by atoms with van der Waals surface area (Å²) >= 11 is 0. The highest BCUT2D eigenvalue weighted by atomic mass is 32.2. The van der Waals surface area contributed by atoms with Gasteiger partial charge in [-0.05, 0) is 13.0 Å². The number of nitrogens with zero attached hydrogens (tertiary/aromatic N) is 1. The molecule has 1 aromatic carbocycles. The summed E-state index contributed by atoms with van der Waals surface area (Å²) < 4.78 is 28.5. The average molecular weight is 298 g/mol. The summed E-state index contributed by atoms with van der Waals surface area (Å²) in [5, 5.41) is 0. The van der Waals surface area contributed by atoms with E-state index in [0.29, 0.717) is 13.1 Å². The van der Waals surface area contributed by atoms with Crippen molar-refractivity contribution in [1.29, 1.82) is 0 Å². The van der Waals surface area contributed by atoms with Crippen molar-refractivity contribution < 1.29 is 13.2 Å². The van der Waals surface area contributed by atoms with Crippen LogP contribution in [0.15, 0.2) is 24.3 Å². The molecule has 2 unspecified atom stereocenters. The minimum Gasteiger partial charge on any atom is -0.496 e. The number of ether oxygens (including phenoxy) is 1. The molecule has 2 N–H and O–H groups in total. The van der Waals surface area contributed by atoms with Crippen molar-refractivity contribution in [3.8, 4) is 5.75 Å². The Morgan fingerprint density at radius 3 is 2.40 bits per heavy atom. The van der Waals surface area contributed by atoms with E-state index in [4.69, 9.17) is 10.5 Å². The zero-order chi connectivity index (χ0) is 14.8. The van der Waals surface area contributed by atoms with Crippen LogP contribution in [0.2, 0.25) is 0 Å². The van der Waals surface area contributed by atoms with Gasteiger partial charge in [-0.3, -0.25) is 4.90 Å². The Hall–Kier alpha value is -1.11. The lowest BCUT2D eigenvalue weighted by Crippen LogP contribution is -2.47. The highest BCUT2D eigenvalue weighted by molar-refractivity contribution is 7.91. The lowest BCUT2D eigenvalue weighted by molar-refractivity contribution is 0.187. The van der Waals surface area contributed by atoms with Crippen LogP contribution >= 0.6 is 0 Å². The average Bonchev–Trinajstić information content (AvgIpc) is 2.41. The molecule has 2 rings (SSSR count). The first-order valence-corrected chi connectivity index (χ1v) is 8.60. The molecule has 112 valence electrons. The van der Waals surface area contributed by atoms with Crippen molar-refractivity contribution in [2.75, 3.05) is 31.7 Å². The Balaban J connectivity index is 2.28. The van der Waals surface area contributed by atoms with Gasteiger partial charge in [0.25, 0.3) is 0 Å². The van der Waals surface area contributed by atoms with Gasteiger partial charge in [0, 0.05) is 24.7 Å². The molecule has 0 bridgehead atoms. The number of para-hydroxylation sites is 1. The van der Waals surface area contributed by atoms with E-state index in [9.17, 15) is 8.42 Å². The molecule has 1 aliphatic heterocycles. The smallest absolute Gasteiger partial charge is 0.152 e. The Kier molecular flexibility index (Phi) is 4.67. The minimum atomic E-state index is -2.89. The van der Waals surface area contributed by atoms with E-state index >= 15 is 0 Å². The monoisotopic (exact) mass is 298 g/mol. The van der Waals surface area contributed by atoms with Gasteiger partial charge in [-0.15, -0.1) is 0 Å². The van der Waals surface area contributed by atoms with Gasteiger partial charge in [0.2, 0.25) is 0 Å². The van der Waals surface area contributed by atoms with Crippen LogP contribution in [0.3, 0.4) is 0 Å². The maximum absolute atomic E-state index is 11.6. The number of methoxy groups -OCH3 is 1. The number of hydrogen-bond donors (Lipinski definition) is 1. The molecule has 5 nitrogen and oxygen atoms in total. The van der Waals surface area contributed by atoms with Crippen molar-refractivity contribution in [1.82, 2.24) is 4.90 Å². The fourth-order valence-electron chi connectivity index (χ4n) is 2.73. The summed E-state index contributed by atoms with van der Waals surface area (Å²) in [7, 11) is -1.25. The number of nitrogens with two attached hydrogens (primary N) is 1. The zero-order valence-corrected chi connectivity index (χ0v) is 12.8. The first-order chi connectivity index (χ1) is 9.44. The van der Waals surface area contributed by atoms with Gasteiger partial charge in [0.05, 0.1) is 24.7 Å². The van der Waals surface area contributed by atoms with E-state index in [0.717, 1.165) is 11.3 Å². The Labute approximate surface area is 120 Å². The molecular weight excluding hydrogens is 276 g/mol. The highest BCUT2D eigenvalue weighted by Gasteiger charge is 2.31. The summed E-state index contributed by atoms with van der Waals surface area (Å²) in [6.45, 7) is 2.99. The molecule has 1 heterocycles. The van der Waals surface area contributed by atoms with Crippen LogP contribution in [0.5, 0.6) is 5.75 Å². The predicted molar refractivity (Wildman–Crippen MR) is 79.6 cm³/mol. The van der Waals surface area contributed by atoms with Crippen LogP contribution < -0.4 is 10.5 Å². The molecule has 6 heteroatoms. The highest BCUT2D eigenvalue weighted by Crippen LogP contribution is 2.32. The summed E-state index contributed by atoms with van der Waals surface area (Å²) in [5.41, 5.74) is 7.16. The topological polar surface area (TPSA) is 72.6 Å². The molecule has 0 saturated carbocycles. The third-order valence-corrected chi connectivity index (χ3v) is 5.34. The maximum atomic E-state index is 11.6. The summed E-state index contributed by atoms with van der Waals surface area (Å²) in [4.78, 5) is 2.14. The second-order valence-electron chi connectivity index (χ2n) is 5.23. The molecule has 0 aromatic heterocycles. The molecule has 2 atom stereocenters. The molecule has 0 amide bonds. The Morgan fingerprint density at radius 1 is 1.25 bits per heavy atom. The maximum Gasteiger partial charge on any atom is 0.152 e. The largest absolute Gasteiger partial charge is 0.496 e. The number of rotatable bonds is 4. The molecule has 20 heavy (non-hydrogen) atoms. The minimum absolute atomic E-state index is 0.0263. The van der Waals surface area contributed by atoms with Gasteiger partial charge >= 0.3 is 0 Å². The summed E-state index contributed by atoms with van der Waals surface area (Å²) in [5.74, 6) is 1.19. The SMILES string of the molecule is COc1ccccc1C(C(C)N)N1CCS(=O)(=O)CC1. The summed E-state index contributed by atoms with van der Waals surface area (Å²) in [6, 6.07) is 7.64. The molecule has 1 aliphatic rings. The van der Waals surface area contributed by atoms with Crippen molar-refractivity contribution in [3.63, 3.8) is 0 Å². The molecular formula is C14H22N2O3S. The van der Waals surface area contributed by atoms with Gasteiger partial charge in [-0.2, -0.15) is 0 Å². The van der Waals surface area contributed by atoms with Crippen molar-refractivity contribution >= 4 is 9.84 Å². The standard InChI is InChI=1S/C14H22N2O3S/c1-11(15)14(12-5-3-4-6-13(12)19-2)16-7-9-20(17,18)10-8-16/h3-6,11,14H,7-10,15H2,1-2H3. The normalized spacial score (nSPS) is 22.1. The fourth-order valence-corrected chi connectivity index (χ4v) is 3.96. The van der Waals surface area contributed by atoms with Crippen molar-refractivity contribution in [3.05, 3.63) is 29.8 Å². The van der Waals surface area contributed by atoms with E-state index in [1.807, 2.05) is 31.2 Å². The van der Waals surface area contributed by atoms with Crippen LogP contribution in [-0.2, 0) is 9.84 Å². The van der Waals surface area contributed by atoms with Gasteiger partial charge in [0.15, 0.2) is 9.84 Å². The lowest BCUT2D eigenvalue weighted by atomic mass is 9.98. The van der Waals surface area contributed by atoms with E-state index in [1.54, 1.807) is 7.11 Å². The van der Waals surface area contributed by atoms with Crippen LogP contribution in [-0.4, -0.2) is 51.1 Å². The van der Waals surface area contributed by atoms with Gasteiger partial charge in [-0.25, -0.2) is 8.42 Å². The van der Waals surface area contributed by atoms with Crippen molar-refractivity contribution in [2.45, 2.75) is 19.0 Å². The van der Waals surface area contributed by atoms with Gasteiger partial charge in [0.1, 0.15) is 5.75 Å². The molecule has 1 fully saturated rings. The van der Waals surface area contributed by atoms with Crippen LogP contribution in [0.25, 0.3) is 0 Å². The first-order valence-electron chi connectivity index (χ1n) is 6.77. The Morgan fingerprint density at radius 2 is 1.85 bits per heavy atom. The fraction of sp³-hybridized carbons (Fsp3) is 0.571. The van der Waals surface area contributed by atoms with Crippen LogP contribution in [0, 0.1) is 0 Å². The third kappa shape index (κ3) is 3.31. The summed E-state index contributed by atoms with van der Waals surface area (Å²) in [6.07, 6.45) is 0. The quantitative estimate of drug-likeness (QED) is 0.890. The molecule has 1 aromatic rings. The molecule has 1 saturated heterocycles. The first kappa shape index (κ1) is 15.3. The number of hydrogen-bond acceptors (Lipinski definition) is 5. The van der Waals surface area contributed by atoms with E-state index in [1.165, 1.54) is 0 Å². The van der Waals surface area contributed by atoms with Crippen molar-refractivity contribution in [2.24, 2.45) is 5.73 Å². The van der Waals surface area contributed by atoms with E-state index in [-0.39, 0.29) is 23.6 Å².